The third-order valence-corrected chi connectivity index (χ3v) is 5.75. The number of hydrogen-bond acceptors (Lipinski definition) is 3. The maximum absolute atomic E-state index is 13.5. The highest BCUT2D eigenvalue weighted by Crippen LogP contribution is 2.46. The SMILES string of the molecule is O=C1c2ccccc2C(OCCCO)(c2ccc(Cl)cc2)N1Cc1ccc(Cl)cc1. The van der Waals surface area contributed by atoms with Crippen molar-refractivity contribution in [3.05, 3.63) is 105 Å². The van der Waals surface area contributed by atoms with Crippen LogP contribution >= 0.6 is 23.2 Å². The van der Waals surface area contributed by atoms with Crippen molar-refractivity contribution >= 4 is 29.1 Å². The molecule has 0 bridgehead atoms. The first-order valence-electron chi connectivity index (χ1n) is 9.73. The minimum atomic E-state index is -1.12. The Bertz CT molecular complexity index is 1040. The minimum Gasteiger partial charge on any atom is -0.396 e. The molecule has 1 amide bonds. The van der Waals surface area contributed by atoms with Crippen LogP contribution in [-0.4, -0.2) is 29.1 Å². The number of aliphatic hydroxyl groups is 1. The van der Waals surface area contributed by atoms with Gasteiger partial charge in [0, 0.05) is 39.9 Å². The standard InChI is InChI=1S/C24H21Cl2NO3/c25-19-10-6-17(7-11-19)16-27-23(29)21-4-1-2-5-22(21)24(27,30-15-3-14-28)18-8-12-20(26)13-9-18/h1-2,4-13,28H,3,14-16H2. The molecule has 1 unspecified atom stereocenters. The van der Waals surface area contributed by atoms with Gasteiger partial charge in [0.25, 0.3) is 5.91 Å². The van der Waals surface area contributed by atoms with E-state index in [4.69, 9.17) is 27.9 Å². The summed E-state index contributed by atoms with van der Waals surface area (Å²) < 4.78 is 6.44. The Balaban J connectivity index is 1.87. The van der Waals surface area contributed by atoms with Crippen LogP contribution in [0, 0.1) is 0 Å². The fourth-order valence-corrected chi connectivity index (χ4v) is 4.12. The average molecular weight is 442 g/mol. The summed E-state index contributed by atoms with van der Waals surface area (Å²) >= 11 is 12.2. The quantitative estimate of drug-likeness (QED) is 0.509. The van der Waals surface area contributed by atoms with Crippen molar-refractivity contribution in [2.24, 2.45) is 0 Å². The van der Waals surface area contributed by atoms with Gasteiger partial charge in [0.1, 0.15) is 0 Å². The van der Waals surface area contributed by atoms with E-state index in [1.165, 1.54) is 0 Å². The van der Waals surface area contributed by atoms with Crippen molar-refractivity contribution in [2.45, 2.75) is 18.7 Å². The van der Waals surface area contributed by atoms with Crippen LogP contribution < -0.4 is 0 Å². The molecule has 1 atom stereocenters. The Hall–Kier alpha value is -2.37. The molecular weight excluding hydrogens is 421 g/mol. The molecule has 1 aliphatic rings. The number of ether oxygens (including phenoxy) is 1. The molecular formula is C24H21Cl2NO3. The molecule has 154 valence electrons. The van der Waals surface area contributed by atoms with Crippen LogP contribution in [0.4, 0.5) is 0 Å². The lowest BCUT2D eigenvalue weighted by Crippen LogP contribution is -2.46. The first kappa shape index (κ1) is 20.9. The highest BCUT2D eigenvalue weighted by molar-refractivity contribution is 6.30. The van der Waals surface area contributed by atoms with Gasteiger partial charge in [0.15, 0.2) is 5.72 Å². The highest BCUT2D eigenvalue weighted by Gasteiger charge is 2.52. The van der Waals surface area contributed by atoms with E-state index in [0.717, 1.165) is 16.7 Å². The van der Waals surface area contributed by atoms with Gasteiger partial charge in [-0.1, -0.05) is 65.7 Å². The first-order chi connectivity index (χ1) is 14.6. The number of carbonyl (C=O) groups excluding carboxylic acids is 1. The number of nitrogens with zero attached hydrogens (tertiary/aromatic N) is 1. The molecule has 30 heavy (non-hydrogen) atoms. The number of rotatable bonds is 7. The van der Waals surface area contributed by atoms with Gasteiger partial charge >= 0.3 is 0 Å². The molecule has 1 N–H and O–H groups in total. The molecule has 1 aliphatic heterocycles. The molecule has 0 saturated carbocycles. The van der Waals surface area contributed by atoms with E-state index < -0.39 is 5.72 Å². The molecule has 3 aromatic rings. The monoisotopic (exact) mass is 441 g/mol. The lowest BCUT2D eigenvalue weighted by atomic mass is 9.93. The van der Waals surface area contributed by atoms with Crippen molar-refractivity contribution in [1.29, 1.82) is 0 Å². The molecule has 0 fully saturated rings. The van der Waals surface area contributed by atoms with Gasteiger partial charge in [-0.2, -0.15) is 0 Å². The van der Waals surface area contributed by atoms with Crippen molar-refractivity contribution in [3.8, 4) is 0 Å². The van der Waals surface area contributed by atoms with Crippen molar-refractivity contribution in [3.63, 3.8) is 0 Å². The van der Waals surface area contributed by atoms with Crippen LogP contribution in [0.1, 0.15) is 33.5 Å². The van der Waals surface area contributed by atoms with Gasteiger partial charge in [-0.25, -0.2) is 0 Å². The third kappa shape index (κ3) is 3.72. The number of amides is 1. The predicted molar refractivity (Wildman–Crippen MR) is 118 cm³/mol. The van der Waals surface area contributed by atoms with Crippen molar-refractivity contribution in [1.82, 2.24) is 4.90 Å². The summed E-state index contributed by atoms with van der Waals surface area (Å²) in [5.41, 5.74) is 2.00. The van der Waals surface area contributed by atoms with Gasteiger partial charge in [-0.05, 0) is 42.3 Å². The Labute approximate surface area is 185 Å². The van der Waals surface area contributed by atoms with E-state index >= 15 is 0 Å². The van der Waals surface area contributed by atoms with Crippen LogP contribution in [-0.2, 0) is 17.0 Å². The fraction of sp³-hybridized carbons (Fsp3) is 0.208. The summed E-state index contributed by atoms with van der Waals surface area (Å²) in [7, 11) is 0. The topological polar surface area (TPSA) is 49.8 Å². The molecule has 1 heterocycles. The van der Waals surface area contributed by atoms with Crippen LogP contribution in [0.3, 0.4) is 0 Å². The largest absolute Gasteiger partial charge is 0.396 e. The summed E-state index contributed by atoms with van der Waals surface area (Å²) in [5.74, 6) is -0.112. The highest BCUT2D eigenvalue weighted by atomic mass is 35.5. The summed E-state index contributed by atoms with van der Waals surface area (Å²) in [6.45, 7) is 0.633. The zero-order valence-electron chi connectivity index (χ0n) is 16.2. The number of hydrogen-bond donors (Lipinski definition) is 1. The molecule has 0 saturated heterocycles. The van der Waals surface area contributed by atoms with Gasteiger partial charge < -0.3 is 9.84 Å². The maximum atomic E-state index is 13.5. The van der Waals surface area contributed by atoms with E-state index in [2.05, 4.69) is 0 Å². The summed E-state index contributed by atoms with van der Waals surface area (Å²) in [6.07, 6.45) is 0.459. The number of carbonyl (C=O) groups is 1. The zero-order valence-corrected chi connectivity index (χ0v) is 17.7. The molecule has 6 heteroatoms. The molecule has 3 aromatic carbocycles. The predicted octanol–water partition coefficient (Wildman–Crippen LogP) is 5.25. The summed E-state index contributed by atoms with van der Waals surface area (Å²) in [4.78, 5) is 15.2. The van der Waals surface area contributed by atoms with Crippen molar-refractivity contribution in [2.75, 3.05) is 13.2 Å². The second-order valence-electron chi connectivity index (χ2n) is 7.14. The minimum absolute atomic E-state index is 0.00345. The summed E-state index contributed by atoms with van der Waals surface area (Å²) in [6, 6.07) is 22.3. The molecule has 0 aromatic heterocycles. The maximum Gasteiger partial charge on any atom is 0.257 e. The smallest absolute Gasteiger partial charge is 0.257 e. The van der Waals surface area contributed by atoms with Crippen LogP contribution in [0.25, 0.3) is 0 Å². The fourth-order valence-electron chi connectivity index (χ4n) is 3.86. The van der Waals surface area contributed by atoms with E-state index in [1.54, 1.807) is 29.2 Å². The zero-order chi connectivity index (χ0) is 21.1. The second-order valence-corrected chi connectivity index (χ2v) is 8.01. The van der Waals surface area contributed by atoms with E-state index in [9.17, 15) is 9.90 Å². The molecule has 0 spiro atoms. The third-order valence-electron chi connectivity index (χ3n) is 5.25. The lowest BCUT2D eigenvalue weighted by molar-refractivity contribution is -0.113. The number of fused-ring (bicyclic) bond motifs is 1. The van der Waals surface area contributed by atoms with Crippen LogP contribution in [0.5, 0.6) is 0 Å². The molecule has 4 nitrogen and oxygen atoms in total. The van der Waals surface area contributed by atoms with Gasteiger partial charge in [-0.3, -0.25) is 9.69 Å². The number of benzene rings is 3. The molecule has 4 rings (SSSR count). The van der Waals surface area contributed by atoms with Crippen LogP contribution in [0.15, 0.2) is 72.8 Å². The van der Waals surface area contributed by atoms with E-state index in [-0.39, 0.29) is 19.1 Å². The van der Waals surface area contributed by atoms with Gasteiger partial charge in [-0.15, -0.1) is 0 Å². The van der Waals surface area contributed by atoms with Crippen molar-refractivity contribution < 1.29 is 14.6 Å². The van der Waals surface area contributed by atoms with Crippen LogP contribution in [0.2, 0.25) is 10.0 Å². The Morgan fingerprint density at radius 3 is 2.20 bits per heavy atom. The average Bonchev–Trinajstić information content (AvgIpc) is 3.00. The first-order valence-corrected chi connectivity index (χ1v) is 10.5. The Morgan fingerprint density at radius 1 is 0.900 bits per heavy atom. The molecule has 0 aliphatic carbocycles. The van der Waals surface area contributed by atoms with E-state index in [1.807, 2.05) is 48.5 Å². The van der Waals surface area contributed by atoms with E-state index in [0.29, 0.717) is 28.6 Å². The molecule has 0 radical (unpaired) electrons. The van der Waals surface area contributed by atoms with Gasteiger partial charge in [0.05, 0.1) is 6.61 Å². The number of halogens is 2. The second kappa shape index (κ2) is 8.78. The lowest BCUT2D eigenvalue weighted by Gasteiger charge is -2.39. The Morgan fingerprint density at radius 2 is 1.53 bits per heavy atom. The van der Waals surface area contributed by atoms with Gasteiger partial charge in [0.2, 0.25) is 0 Å². The number of aliphatic hydroxyl groups excluding tert-OH is 1. The summed E-state index contributed by atoms with van der Waals surface area (Å²) in [5, 5.41) is 10.6. The normalized spacial score (nSPS) is 18.0. The Kier molecular flexibility index (Phi) is 6.11.